The zero-order chi connectivity index (χ0) is 20.4. The second kappa shape index (κ2) is 5.87. The molecule has 3 aromatic carbocycles. The molecule has 9 heteroatoms. The quantitative estimate of drug-likeness (QED) is 0.0653. The van der Waals surface area contributed by atoms with E-state index in [1.54, 1.807) is 41.0 Å². The summed E-state index contributed by atoms with van der Waals surface area (Å²) in [5.74, 6) is -1.27. The smallest absolute Gasteiger partial charge is 0.335 e. The van der Waals surface area contributed by atoms with E-state index in [1.807, 2.05) is 0 Å². The van der Waals surface area contributed by atoms with Gasteiger partial charge >= 0.3 is 5.84 Å². The van der Waals surface area contributed by atoms with E-state index >= 15 is 0 Å². The maximum Gasteiger partial charge on any atom is 0.350 e. The average Bonchev–Trinajstić information content (AvgIpc) is 3.05. The maximum atomic E-state index is 14.6. The van der Waals surface area contributed by atoms with E-state index in [9.17, 15) is 17.6 Å². The fourth-order valence-corrected chi connectivity index (χ4v) is 4.07. The monoisotopic (exact) mass is 398 g/mol. The zero-order valence-electron chi connectivity index (χ0n) is 14.7. The van der Waals surface area contributed by atoms with E-state index < -0.39 is 23.3 Å². The van der Waals surface area contributed by atoms with Crippen LogP contribution in [-0.2, 0) is 6.54 Å². The third kappa shape index (κ3) is 2.18. The Hall–Kier alpha value is -3.75. The molecule has 0 bridgehead atoms. The van der Waals surface area contributed by atoms with Crippen LogP contribution in [0.15, 0.2) is 46.7 Å². The SMILES string of the molecule is NN=NC(=[NH2+])c1ccc2c(c1)c1cccc3c1n2Cc1c(F)c(F)c(F)c(F)c1-3. The molecule has 0 saturated heterocycles. The standard InChI is InChI=1S/C20H11F4N5/c21-15-12-7-29-13-5-4-8(20(25)27-28-26)6-11(13)9-2-1-3-10(19(9)29)14(12)16(22)18(24)17(15)23/h1-6H,7H2,(H3,25,26,27)/p+1. The lowest BCUT2D eigenvalue weighted by Gasteiger charge is -2.22. The summed E-state index contributed by atoms with van der Waals surface area (Å²) in [5.41, 5.74) is 1.65. The summed E-state index contributed by atoms with van der Waals surface area (Å²) in [4.78, 5) is 0. The summed E-state index contributed by atoms with van der Waals surface area (Å²) in [6.45, 7) is -0.145. The topological polar surface area (TPSA) is 81.3 Å². The lowest BCUT2D eigenvalue weighted by atomic mass is 9.93. The molecule has 0 aliphatic carbocycles. The van der Waals surface area contributed by atoms with E-state index in [0.717, 1.165) is 10.8 Å². The fourth-order valence-electron chi connectivity index (χ4n) is 4.07. The van der Waals surface area contributed by atoms with Gasteiger partial charge in [0.25, 0.3) is 0 Å². The van der Waals surface area contributed by atoms with Crippen LogP contribution in [-0.4, -0.2) is 10.4 Å². The number of benzene rings is 3. The molecule has 5 rings (SSSR count). The van der Waals surface area contributed by atoms with Crippen molar-refractivity contribution in [3.63, 3.8) is 0 Å². The molecule has 4 N–H and O–H groups in total. The summed E-state index contributed by atoms with van der Waals surface area (Å²) >= 11 is 0. The van der Waals surface area contributed by atoms with E-state index in [0.29, 0.717) is 16.6 Å². The van der Waals surface area contributed by atoms with Gasteiger partial charge in [0, 0.05) is 38.2 Å². The Morgan fingerprint density at radius 1 is 0.966 bits per heavy atom. The molecule has 0 amide bonds. The normalized spacial score (nSPS) is 12.8. The van der Waals surface area contributed by atoms with Crippen LogP contribution in [0.3, 0.4) is 0 Å². The molecule has 5 nitrogen and oxygen atoms in total. The molecule has 1 aromatic heterocycles. The summed E-state index contributed by atoms with van der Waals surface area (Å²) in [6.07, 6.45) is 0. The highest BCUT2D eigenvalue weighted by Crippen LogP contribution is 2.44. The van der Waals surface area contributed by atoms with Crippen molar-refractivity contribution in [2.75, 3.05) is 0 Å². The van der Waals surface area contributed by atoms with Gasteiger partial charge in [0.15, 0.2) is 23.3 Å². The van der Waals surface area contributed by atoms with Crippen LogP contribution >= 0.6 is 0 Å². The zero-order valence-corrected chi connectivity index (χ0v) is 14.7. The van der Waals surface area contributed by atoms with Crippen LogP contribution in [0.5, 0.6) is 0 Å². The minimum Gasteiger partial charge on any atom is -0.335 e. The molecule has 144 valence electrons. The van der Waals surface area contributed by atoms with Gasteiger partial charge in [0.2, 0.25) is 0 Å². The van der Waals surface area contributed by atoms with Gasteiger partial charge in [-0.15, -0.1) is 0 Å². The lowest BCUT2D eigenvalue weighted by Crippen LogP contribution is -2.38. The largest absolute Gasteiger partial charge is 0.350 e. The molecule has 0 unspecified atom stereocenters. The Morgan fingerprint density at radius 3 is 2.48 bits per heavy atom. The molecule has 0 spiro atoms. The van der Waals surface area contributed by atoms with Crippen LogP contribution in [0.25, 0.3) is 32.9 Å². The number of aromatic nitrogens is 1. The second-order valence-corrected chi connectivity index (χ2v) is 6.73. The molecular weight excluding hydrogens is 386 g/mol. The number of hydrogen-bond donors (Lipinski definition) is 2. The summed E-state index contributed by atoms with van der Waals surface area (Å²) < 4.78 is 58.6. The van der Waals surface area contributed by atoms with E-state index in [2.05, 4.69) is 10.3 Å². The Balaban J connectivity index is 1.90. The van der Waals surface area contributed by atoms with Gasteiger partial charge in [-0.25, -0.2) is 17.6 Å². The lowest BCUT2D eigenvalue weighted by molar-refractivity contribution is -0.114. The van der Waals surface area contributed by atoms with Crippen molar-refractivity contribution in [3.05, 3.63) is 70.8 Å². The Labute approximate surface area is 160 Å². The van der Waals surface area contributed by atoms with Gasteiger partial charge in [-0.1, -0.05) is 18.2 Å². The van der Waals surface area contributed by atoms with Crippen molar-refractivity contribution in [3.8, 4) is 11.1 Å². The van der Waals surface area contributed by atoms with Crippen LogP contribution in [0.2, 0.25) is 0 Å². The van der Waals surface area contributed by atoms with Crippen molar-refractivity contribution < 1.29 is 23.0 Å². The van der Waals surface area contributed by atoms with Crippen molar-refractivity contribution in [2.45, 2.75) is 6.54 Å². The highest BCUT2D eigenvalue weighted by molar-refractivity contribution is 6.15. The molecule has 29 heavy (non-hydrogen) atoms. The van der Waals surface area contributed by atoms with Gasteiger partial charge in [0.1, 0.15) is 0 Å². The predicted octanol–water partition coefficient (Wildman–Crippen LogP) is 3.21. The molecule has 2 heterocycles. The van der Waals surface area contributed by atoms with E-state index in [-0.39, 0.29) is 29.1 Å². The van der Waals surface area contributed by atoms with Gasteiger partial charge < -0.3 is 4.57 Å². The van der Waals surface area contributed by atoms with Crippen molar-refractivity contribution in [2.24, 2.45) is 16.2 Å². The highest BCUT2D eigenvalue weighted by atomic mass is 19.2. The maximum absolute atomic E-state index is 14.6. The van der Waals surface area contributed by atoms with Gasteiger partial charge in [-0.05, 0) is 18.2 Å². The molecule has 0 atom stereocenters. The summed E-state index contributed by atoms with van der Waals surface area (Å²) in [6, 6.07) is 10.2. The molecular formula is C20H12F4N5+. The third-order valence-corrected chi connectivity index (χ3v) is 5.29. The first-order chi connectivity index (χ1) is 13.9. The predicted molar refractivity (Wildman–Crippen MR) is 98.9 cm³/mol. The summed E-state index contributed by atoms with van der Waals surface area (Å²) in [7, 11) is 0. The molecule has 0 fully saturated rings. The third-order valence-electron chi connectivity index (χ3n) is 5.29. The van der Waals surface area contributed by atoms with Gasteiger partial charge in [-0.3, -0.25) is 11.3 Å². The van der Waals surface area contributed by atoms with Crippen LogP contribution in [0.1, 0.15) is 11.1 Å². The van der Waals surface area contributed by atoms with E-state index in [4.69, 9.17) is 11.3 Å². The fraction of sp³-hybridized carbons (Fsp3) is 0.0500. The number of nitrogens with zero attached hydrogens (tertiary/aromatic N) is 3. The first-order valence-electron chi connectivity index (χ1n) is 8.58. The minimum absolute atomic E-state index is 0.103. The number of rotatable bonds is 1. The Kier molecular flexibility index (Phi) is 3.51. The number of para-hydroxylation sites is 1. The molecule has 1 aliphatic heterocycles. The molecule has 0 saturated carbocycles. The molecule has 0 radical (unpaired) electrons. The number of nitrogens with two attached hydrogens (primary N) is 2. The van der Waals surface area contributed by atoms with Gasteiger partial charge in [-0.2, -0.15) is 0 Å². The van der Waals surface area contributed by atoms with Crippen LogP contribution < -0.4 is 11.3 Å². The second-order valence-electron chi connectivity index (χ2n) is 6.73. The van der Waals surface area contributed by atoms with Crippen molar-refractivity contribution in [1.82, 2.24) is 4.57 Å². The van der Waals surface area contributed by atoms with Gasteiger partial charge in [0.05, 0.1) is 22.7 Å². The first kappa shape index (κ1) is 17.4. The molecule has 4 aromatic rings. The van der Waals surface area contributed by atoms with E-state index in [1.165, 1.54) is 0 Å². The van der Waals surface area contributed by atoms with Crippen molar-refractivity contribution in [1.29, 1.82) is 0 Å². The van der Waals surface area contributed by atoms with Crippen LogP contribution in [0, 0.1) is 23.3 Å². The number of amidine groups is 1. The number of fused-ring (bicyclic) bond motifs is 5. The average molecular weight is 398 g/mol. The van der Waals surface area contributed by atoms with Crippen molar-refractivity contribution >= 4 is 27.6 Å². The first-order valence-corrected chi connectivity index (χ1v) is 8.58. The highest BCUT2D eigenvalue weighted by Gasteiger charge is 2.32. The number of halogens is 4. The number of hydrogen-bond acceptors (Lipinski definition) is 1. The molecule has 1 aliphatic rings. The Morgan fingerprint density at radius 2 is 1.72 bits per heavy atom. The Bertz CT molecular complexity index is 1400. The minimum atomic E-state index is -1.82. The summed E-state index contributed by atoms with van der Waals surface area (Å²) in [5, 5.41) is 14.1. The van der Waals surface area contributed by atoms with Crippen LogP contribution in [0.4, 0.5) is 17.6 Å².